The van der Waals surface area contributed by atoms with Crippen LogP contribution >= 0.6 is 0 Å². The van der Waals surface area contributed by atoms with Crippen molar-refractivity contribution < 1.29 is 8.42 Å². The zero-order valence-corrected chi connectivity index (χ0v) is 13.0. The van der Waals surface area contributed by atoms with Gasteiger partial charge in [0.2, 0.25) is 10.0 Å². The van der Waals surface area contributed by atoms with E-state index in [0.29, 0.717) is 6.54 Å². The first-order valence-electron chi connectivity index (χ1n) is 7.05. The number of aromatic nitrogens is 1. The molecule has 0 N–H and O–H groups in total. The molecule has 0 amide bonds. The monoisotopic (exact) mass is 302 g/mol. The SMILES string of the molecule is CC(C)S(=O)(=O)N1CCc2cc(-c3ccncc3)ccc21. The van der Waals surface area contributed by atoms with Crippen LogP contribution in [0.15, 0.2) is 42.7 Å². The van der Waals surface area contributed by atoms with Gasteiger partial charge in [0.1, 0.15) is 0 Å². The molecule has 3 rings (SSSR count). The first-order chi connectivity index (χ1) is 10.00. The van der Waals surface area contributed by atoms with Gasteiger partial charge in [-0.25, -0.2) is 8.42 Å². The quantitative estimate of drug-likeness (QED) is 0.876. The lowest BCUT2D eigenvalue weighted by Gasteiger charge is -2.22. The molecule has 2 heterocycles. The molecule has 110 valence electrons. The molecule has 0 spiro atoms. The highest BCUT2D eigenvalue weighted by atomic mass is 32.2. The van der Waals surface area contributed by atoms with Gasteiger partial charge in [0, 0.05) is 18.9 Å². The predicted molar refractivity (Wildman–Crippen MR) is 84.8 cm³/mol. The molecule has 0 atom stereocenters. The van der Waals surface area contributed by atoms with Crippen molar-refractivity contribution in [2.24, 2.45) is 0 Å². The Morgan fingerprint density at radius 1 is 1.10 bits per heavy atom. The summed E-state index contributed by atoms with van der Waals surface area (Å²) in [5.74, 6) is 0. The Morgan fingerprint density at radius 3 is 2.48 bits per heavy atom. The molecule has 21 heavy (non-hydrogen) atoms. The lowest BCUT2D eigenvalue weighted by atomic mass is 10.0. The summed E-state index contributed by atoms with van der Waals surface area (Å²) in [6, 6.07) is 9.89. The molecule has 1 aliphatic heterocycles. The van der Waals surface area contributed by atoms with Crippen LogP contribution in [0.4, 0.5) is 5.69 Å². The van der Waals surface area contributed by atoms with Gasteiger partial charge in [-0.3, -0.25) is 9.29 Å². The highest BCUT2D eigenvalue weighted by Crippen LogP contribution is 2.34. The molecule has 0 saturated heterocycles. The second kappa shape index (κ2) is 5.15. The normalized spacial score (nSPS) is 14.5. The van der Waals surface area contributed by atoms with Crippen molar-refractivity contribution in [2.75, 3.05) is 10.8 Å². The number of pyridine rings is 1. The van der Waals surface area contributed by atoms with E-state index in [0.717, 1.165) is 28.8 Å². The highest BCUT2D eigenvalue weighted by molar-refractivity contribution is 7.93. The highest BCUT2D eigenvalue weighted by Gasteiger charge is 2.31. The van der Waals surface area contributed by atoms with Gasteiger partial charge in [-0.2, -0.15) is 0 Å². The van der Waals surface area contributed by atoms with Crippen molar-refractivity contribution in [3.8, 4) is 11.1 Å². The van der Waals surface area contributed by atoms with Crippen LogP contribution in [0.5, 0.6) is 0 Å². The van der Waals surface area contributed by atoms with E-state index < -0.39 is 15.3 Å². The molecular weight excluding hydrogens is 284 g/mol. The number of rotatable bonds is 3. The number of fused-ring (bicyclic) bond motifs is 1. The zero-order chi connectivity index (χ0) is 15.0. The number of benzene rings is 1. The second-order valence-corrected chi connectivity index (χ2v) is 7.91. The molecule has 4 nitrogen and oxygen atoms in total. The Hall–Kier alpha value is -1.88. The van der Waals surface area contributed by atoms with E-state index >= 15 is 0 Å². The summed E-state index contributed by atoms with van der Waals surface area (Å²) in [7, 11) is -3.24. The molecule has 1 aliphatic rings. The van der Waals surface area contributed by atoms with Crippen molar-refractivity contribution in [3.63, 3.8) is 0 Å². The van der Waals surface area contributed by atoms with Gasteiger partial charge in [-0.15, -0.1) is 0 Å². The lowest BCUT2D eigenvalue weighted by molar-refractivity contribution is 0.583. The molecule has 2 aromatic rings. The Bertz CT molecular complexity index is 755. The number of sulfonamides is 1. The number of hydrogen-bond acceptors (Lipinski definition) is 3. The van der Waals surface area contributed by atoms with Crippen molar-refractivity contribution in [1.29, 1.82) is 0 Å². The van der Waals surface area contributed by atoms with E-state index in [9.17, 15) is 8.42 Å². The van der Waals surface area contributed by atoms with Crippen LogP contribution < -0.4 is 4.31 Å². The maximum Gasteiger partial charge on any atom is 0.237 e. The fraction of sp³-hybridized carbons (Fsp3) is 0.312. The summed E-state index contributed by atoms with van der Waals surface area (Å²) in [5.41, 5.74) is 4.10. The molecule has 0 unspecified atom stereocenters. The Balaban J connectivity index is 2.00. The molecule has 0 saturated carbocycles. The van der Waals surface area contributed by atoms with Crippen LogP contribution in [0.2, 0.25) is 0 Å². The van der Waals surface area contributed by atoms with Crippen LogP contribution in [-0.4, -0.2) is 25.2 Å². The summed E-state index contributed by atoms with van der Waals surface area (Å²) in [6.45, 7) is 3.98. The fourth-order valence-electron chi connectivity index (χ4n) is 2.61. The van der Waals surface area contributed by atoms with Crippen molar-refractivity contribution in [2.45, 2.75) is 25.5 Å². The number of hydrogen-bond donors (Lipinski definition) is 0. The number of anilines is 1. The summed E-state index contributed by atoms with van der Waals surface area (Å²) >= 11 is 0. The van der Waals surface area contributed by atoms with Crippen molar-refractivity contribution in [3.05, 3.63) is 48.3 Å². The van der Waals surface area contributed by atoms with E-state index in [1.807, 2.05) is 24.3 Å². The molecule has 0 radical (unpaired) electrons. The maximum atomic E-state index is 12.4. The molecular formula is C16H18N2O2S. The molecule has 1 aromatic carbocycles. The molecule has 1 aromatic heterocycles. The maximum absolute atomic E-state index is 12.4. The van der Waals surface area contributed by atoms with Gasteiger partial charge >= 0.3 is 0 Å². The molecule has 5 heteroatoms. The lowest BCUT2D eigenvalue weighted by Crippen LogP contribution is -2.34. The van der Waals surface area contributed by atoms with Crippen LogP contribution in [0.25, 0.3) is 11.1 Å². The first kappa shape index (κ1) is 14.1. The van der Waals surface area contributed by atoms with Crippen molar-refractivity contribution in [1.82, 2.24) is 4.98 Å². The van der Waals surface area contributed by atoms with E-state index in [1.165, 1.54) is 0 Å². The second-order valence-electron chi connectivity index (χ2n) is 5.50. The average Bonchev–Trinajstić information content (AvgIpc) is 2.91. The third kappa shape index (κ3) is 2.42. The Labute approximate surface area is 125 Å². The van der Waals surface area contributed by atoms with Gasteiger partial charge < -0.3 is 0 Å². The minimum absolute atomic E-state index is 0.400. The van der Waals surface area contributed by atoms with E-state index in [1.54, 1.807) is 30.5 Å². The topological polar surface area (TPSA) is 50.3 Å². The average molecular weight is 302 g/mol. The third-order valence-corrected chi connectivity index (χ3v) is 6.03. The van der Waals surface area contributed by atoms with Crippen molar-refractivity contribution >= 4 is 15.7 Å². The summed E-state index contributed by atoms with van der Waals surface area (Å²) in [4.78, 5) is 4.02. The summed E-state index contributed by atoms with van der Waals surface area (Å²) < 4.78 is 26.3. The fourth-order valence-corrected chi connectivity index (χ4v) is 3.92. The van der Waals surface area contributed by atoms with E-state index in [2.05, 4.69) is 11.1 Å². The third-order valence-electron chi connectivity index (χ3n) is 3.85. The number of nitrogens with zero attached hydrogens (tertiary/aromatic N) is 2. The molecule has 0 aliphatic carbocycles. The van der Waals surface area contributed by atoms with Gasteiger partial charge in [-0.1, -0.05) is 6.07 Å². The summed E-state index contributed by atoms with van der Waals surface area (Å²) in [6.07, 6.45) is 4.29. The minimum Gasteiger partial charge on any atom is -0.269 e. The Kier molecular flexibility index (Phi) is 3.45. The minimum atomic E-state index is -3.24. The largest absolute Gasteiger partial charge is 0.269 e. The summed E-state index contributed by atoms with van der Waals surface area (Å²) in [5, 5.41) is -0.400. The van der Waals surface area contributed by atoms with E-state index in [-0.39, 0.29) is 0 Å². The molecule has 0 fully saturated rings. The van der Waals surface area contributed by atoms with Gasteiger partial charge in [-0.05, 0) is 61.2 Å². The van der Waals surface area contributed by atoms with Crippen LogP contribution in [-0.2, 0) is 16.4 Å². The van der Waals surface area contributed by atoms with Crippen LogP contribution in [0.3, 0.4) is 0 Å². The molecule has 0 bridgehead atoms. The van der Waals surface area contributed by atoms with E-state index in [4.69, 9.17) is 0 Å². The van der Waals surface area contributed by atoms with Crippen LogP contribution in [0.1, 0.15) is 19.4 Å². The van der Waals surface area contributed by atoms with Gasteiger partial charge in [0.15, 0.2) is 0 Å². The first-order valence-corrected chi connectivity index (χ1v) is 8.55. The van der Waals surface area contributed by atoms with Crippen LogP contribution in [0, 0.1) is 0 Å². The zero-order valence-electron chi connectivity index (χ0n) is 12.2. The van der Waals surface area contributed by atoms with Gasteiger partial charge in [0.25, 0.3) is 0 Å². The smallest absolute Gasteiger partial charge is 0.237 e. The van der Waals surface area contributed by atoms with Gasteiger partial charge in [0.05, 0.1) is 10.9 Å². The predicted octanol–water partition coefficient (Wildman–Crippen LogP) is 2.85. The Morgan fingerprint density at radius 2 is 1.81 bits per heavy atom. The standard InChI is InChI=1S/C16H18N2O2S/c1-12(2)21(19,20)18-10-7-15-11-14(3-4-16(15)18)13-5-8-17-9-6-13/h3-6,8-9,11-12H,7,10H2,1-2H3.